The number of nitrogens with zero attached hydrogens (tertiary/aromatic N) is 2. The van der Waals surface area contributed by atoms with E-state index >= 15 is 0 Å². The standard InChI is InChI=1S/C54H36N2SSi/c1-4-16-37(17-5-1)55-49-25-13-10-22-43(49)45-33-32-42(34-51(45)55)58(39-18-6-2-7-19-39,40-20-8-3-9-21-40)41-30-28-38(29-31-41)56-50-26-14-11-23-44(50)47-36-54-48(35-52(47)56)46-24-12-15-27-53(46)57-54/h1-36H. The molecular weight excluding hydrogens is 737 g/mol. The van der Waals surface area contributed by atoms with Crippen LogP contribution in [0.15, 0.2) is 218 Å². The Morgan fingerprint density at radius 2 is 0.741 bits per heavy atom. The third kappa shape index (κ3) is 4.83. The van der Waals surface area contributed by atoms with E-state index in [0.29, 0.717) is 0 Å². The summed E-state index contributed by atoms with van der Waals surface area (Å²) >= 11 is 1.88. The Hall–Kier alpha value is -6.98. The van der Waals surface area contributed by atoms with Crippen LogP contribution in [-0.2, 0) is 0 Å². The van der Waals surface area contributed by atoms with E-state index in [-0.39, 0.29) is 0 Å². The molecule has 3 aromatic heterocycles. The predicted molar refractivity (Wildman–Crippen MR) is 252 cm³/mol. The summed E-state index contributed by atoms with van der Waals surface area (Å²) < 4.78 is 7.58. The van der Waals surface area contributed by atoms with Gasteiger partial charge in [0.25, 0.3) is 0 Å². The lowest BCUT2D eigenvalue weighted by atomic mass is 10.1. The van der Waals surface area contributed by atoms with Crippen molar-refractivity contribution in [2.24, 2.45) is 0 Å². The average molecular weight is 773 g/mol. The summed E-state index contributed by atoms with van der Waals surface area (Å²) in [5.74, 6) is 0. The molecular formula is C54H36N2SSi. The smallest absolute Gasteiger partial charge is 0.179 e. The van der Waals surface area contributed by atoms with Gasteiger partial charge in [-0.25, -0.2) is 0 Å². The van der Waals surface area contributed by atoms with Crippen molar-refractivity contribution in [3.05, 3.63) is 218 Å². The maximum absolute atomic E-state index is 2.88. The molecule has 0 N–H and O–H groups in total. The molecule has 0 aliphatic carbocycles. The molecule has 0 bridgehead atoms. The second-order valence-electron chi connectivity index (χ2n) is 15.3. The van der Waals surface area contributed by atoms with Crippen LogP contribution in [0.2, 0.25) is 0 Å². The number of para-hydroxylation sites is 3. The quantitative estimate of drug-likeness (QED) is 0.118. The minimum absolute atomic E-state index is 1.16. The first-order valence-electron chi connectivity index (χ1n) is 19.9. The fourth-order valence-corrected chi connectivity index (χ4v) is 15.6. The summed E-state index contributed by atoms with van der Waals surface area (Å²) in [5, 5.41) is 13.2. The number of hydrogen-bond acceptors (Lipinski definition) is 1. The Balaban J connectivity index is 1.12. The minimum Gasteiger partial charge on any atom is -0.309 e. The molecule has 9 aromatic carbocycles. The fourth-order valence-electron chi connectivity index (χ4n) is 9.76. The van der Waals surface area contributed by atoms with E-state index in [4.69, 9.17) is 0 Å². The Kier molecular flexibility index (Phi) is 7.46. The molecule has 0 fully saturated rings. The van der Waals surface area contributed by atoms with Gasteiger partial charge >= 0.3 is 0 Å². The van der Waals surface area contributed by atoms with E-state index in [0.717, 1.165) is 5.69 Å². The number of benzene rings is 9. The molecule has 0 aliphatic rings. The summed E-state index contributed by atoms with van der Waals surface area (Å²) in [6.45, 7) is 0. The van der Waals surface area contributed by atoms with E-state index in [1.165, 1.54) is 90.2 Å². The highest BCUT2D eigenvalue weighted by Crippen LogP contribution is 2.40. The Morgan fingerprint density at radius 1 is 0.276 bits per heavy atom. The number of hydrogen-bond donors (Lipinski definition) is 0. The lowest BCUT2D eigenvalue weighted by molar-refractivity contribution is 1.18. The molecule has 4 heteroatoms. The average Bonchev–Trinajstić information content (AvgIpc) is 3.94. The van der Waals surface area contributed by atoms with Gasteiger partial charge in [-0.3, -0.25) is 0 Å². The summed E-state index contributed by atoms with van der Waals surface area (Å²) in [6, 6.07) is 81.6. The van der Waals surface area contributed by atoms with Crippen molar-refractivity contribution in [2.75, 3.05) is 0 Å². The molecule has 0 unspecified atom stereocenters. The first-order valence-corrected chi connectivity index (χ1v) is 22.7. The molecule has 3 heterocycles. The summed E-state index contributed by atoms with van der Waals surface area (Å²) in [7, 11) is -2.88. The van der Waals surface area contributed by atoms with E-state index < -0.39 is 8.07 Å². The third-order valence-corrected chi connectivity index (χ3v) is 18.2. The number of fused-ring (bicyclic) bond motifs is 9. The highest BCUT2D eigenvalue weighted by Gasteiger charge is 2.42. The zero-order chi connectivity index (χ0) is 38.2. The van der Waals surface area contributed by atoms with Gasteiger partial charge in [0.05, 0.1) is 22.1 Å². The van der Waals surface area contributed by atoms with Gasteiger partial charge in [0.2, 0.25) is 0 Å². The number of rotatable bonds is 6. The maximum atomic E-state index is 2.51. The van der Waals surface area contributed by atoms with Gasteiger partial charge in [0.1, 0.15) is 0 Å². The lowest BCUT2D eigenvalue weighted by Crippen LogP contribution is -2.74. The van der Waals surface area contributed by atoms with Crippen molar-refractivity contribution < 1.29 is 0 Å². The van der Waals surface area contributed by atoms with Crippen molar-refractivity contribution in [2.45, 2.75) is 0 Å². The molecule has 58 heavy (non-hydrogen) atoms. The van der Waals surface area contributed by atoms with Crippen molar-refractivity contribution in [1.82, 2.24) is 9.13 Å². The topological polar surface area (TPSA) is 9.86 Å². The SMILES string of the molecule is c1ccc(-n2c3ccccc3c3ccc([Si](c4ccccc4)(c4ccccc4)c4ccc(-n5c6ccccc6c6cc7sc8ccccc8c7cc65)cc4)cc32)cc1. The molecule has 12 rings (SSSR count). The number of thiophene rings is 1. The molecule has 0 spiro atoms. The summed E-state index contributed by atoms with van der Waals surface area (Å²) in [5.41, 5.74) is 7.23. The Bertz CT molecular complexity index is 3450. The van der Waals surface area contributed by atoms with Gasteiger partial charge in [-0.1, -0.05) is 158 Å². The molecule has 0 saturated heterocycles. The first-order chi connectivity index (χ1) is 28.8. The van der Waals surface area contributed by atoms with Crippen molar-refractivity contribution in [3.63, 3.8) is 0 Å². The van der Waals surface area contributed by atoms with E-state index in [1.54, 1.807) is 0 Å². The maximum Gasteiger partial charge on any atom is 0.179 e. The van der Waals surface area contributed by atoms with Crippen LogP contribution >= 0.6 is 11.3 Å². The molecule has 0 amide bonds. The van der Waals surface area contributed by atoms with Crippen LogP contribution in [0.5, 0.6) is 0 Å². The van der Waals surface area contributed by atoms with Gasteiger partial charge in [-0.2, -0.15) is 0 Å². The van der Waals surface area contributed by atoms with Gasteiger partial charge in [-0.05, 0) is 81.4 Å². The highest BCUT2D eigenvalue weighted by molar-refractivity contribution is 7.26. The van der Waals surface area contributed by atoms with Crippen LogP contribution in [0.1, 0.15) is 0 Å². The van der Waals surface area contributed by atoms with Crippen LogP contribution in [0.25, 0.3) is 75.2 Å². The minimum atomic E-state index is -2.88. The Labute approximate surface area is 341 Å². The van der Waals surface area contributed by atoms with Crippen molar-refractivity contribution >= 4 is 104 Å². The van der Waals surface area contributed by atoms with E-state index in [1.807, 2.05) is 11.3 Å². The van der Waals surface area contributed by atoms with Gasteiger partial charge in [0.15, 0.2) is 8.07 Å². The van der Waals surface area contributed by atoms with Crippen LogP contribution in [-0.4, -0.2) is 17.2 Å². The van der Waals surface area contributed by atoms with E-state index in [9.17, 15) is 0 Å². The summed E-state index contributed by atoms with van der Waals surface area (Å²) in [6.07, 6.45) is 0. The molecule has 0 atom stereocenters. The lowest BCUT2D eigenvalue weighted by Gasteiger charge is -2.34. The van der Waals surface area contributed by atoms with Gasteiger partial charge in [-0.15, -0.1) is 11.3 Å². The largest absolute Gasteiger partial charge is 0.309 e. The van der Waals surface area contributed by atoms with E-state index in [2.05, 4.69) is 228 Å². The first kappa shape index (κ1) is 33.2. The third-order valence-electron chi connectivity index (χ3n) is 12.3. The Morgan fingerprint density at radius 3 is 1.40 bits per heavy atom. The van der Waals surface area contributed by atoms with Crippen LogP contribution in [0.3, 0.4) is 0 Å². The zero-order valence-electron chi connectivity index (χ0n) is 31.6. The van der Waals surface area contributed by atoms with Gasteiger partial charge < -0.3 is 9.13 Å². The fraction of sp³-hybridized carbons (Fsp3) is 0. The second kappa shape index (κ2) is 13.0. The highest BCUT2D eigenvalue weighted by atomic mass is 32.1. The van der Waals surface area contributed by atoms with Crippen LogP contribution in [0, 0.1) is 0 Å². The molecule has 0 saturated carbocycles. The molecule has 272 valence electrons. The molecule has 0 radical (unpaired) electrons. The summed E-state index contributed by atoms with van der Waals surface area (Å²) in [4.78, 5) is 0. The number of aromatic nitrogens is 2. The van der Waals surface area contributed by atoms with Crippen molar-refractivity contribution in [3.8, 4) is 11.4 Å². The molecule has 0 aliphatic heterocycles. The second-order valence-corrected chi connectivity index (χ2v) is 20.2. The van der Waals surface area contributed by atoms with Gasteiger partial charge in [0, 0.05) is 53.1 Å². The molecule has 2 nitrogen and oxygen atoms in total. The zero-order valence-corrected chi connectivity index (χ0v) is 33.4. The predicted octanol–water partition coefficient (Wildman–Crippen LogP) is 11.6. The normalized spacial score (nSPS) is 12.1. The van der Waals surface area contributed by atoms with Crippen molar-refractivity contribution in [1.29, 1.82) is 0 Å². The monoisotopic (exact) mass is 772 g/mol. The molecule has 12 aromatic rings. The van der Waals surface area contributed by atoms with Crippen LogP contribution in [0.4, 0.5) is 0 Å². The van der Waals surface area contributed by atoms with Crippen LogP contribution < -0.4 is 20.7 Å².